The Balaban J connectivity index is -0.000000192. The molecule has 10 heteroatoms. The first-order chi connectivity index (χ1) is 28.7. The molecule has 61 heavy (non-hydrogen) atoms. The Morgan fingerprint density at radius 2 is 0.705 bits per heavy atom. The lowest BCUT2D eigenvalue weighted by molar-refractivity contribution is -0.126. The van der Waals surface area contributed by atoms with E-state index in [0.717, 1.165) is 37.6 Å². The van der Waals surface area contributed by atoms with E-state index in [9.17, 15) is 9.59 Å². The molecule has 0 amide bonds. The number of halogens is 2. The van der Waals surface area contributed by atoms with Crippen molar-refractivity contribution in [2.45, 2.75) is 120 Å². The Morgan fingerprint density at radius 1 is 0.525 bits per heavy atom. The van der Waals surface area contributed by atoms with Crippen molar-refractivity contribution in [3.05, 3.63) is 144 Å². The minimum atomic E-state index is -0.306. The van der Waals surface area contributed by atoms with E-state index in [-0.39, 0.29) is 36.4 Å². The fourth-order valence-corrected chi connectivity index (χ4v) is 3.78. The number of benzene rings is 4. The van der Waals surface area contributed by atoms with Gasteiger partial charge in [0.15, 0.2) is 11.6 Å². The molecule has 0 aliphatic carbocycles. The molecular weight excluding hydrogens is 856 g/mol. The zero-order chi connectivity index (χ0) is 47.8. The van der Waals surface area contributed by atoms with Crippen LogP contribution >= 0.6 is 27.5 Å². The molecule has 4 aromatic rings. The van der Waals surface area contributed by atoms with Crippen LogP contribution in [0.25, 0.3) is 0 Å². The fourth-order valence-electron chi connectivity index (χ4n) is 3.40. The number of carbonyl (C=O) groups excluding carboxylic acids is 2. The van der Waals surface area contributed by atoms with Crippen LogP contribution in [0.3, 0.4) is 0 Å². The van der Waals surface area contributed by atoms with Crippen LogP contribution in [-0.2, 0) is 33.9 Å². The molecule has 2 fully saturated rings. The first-order valence-electron chi connectivity index (χ1n) is 20.7. The van der Waals surface area contributed by atoms with Gasteiger partial charge in [-0.1, -0.05) is 181 Å². The van der Waals surface area contributed by atoms with Gasteiger partial charge in [-0.3, -0.25) is 0 Å². The summed E-state index contributed by atoms with van der Waals surface area (Å²) in [5.41, 5.74) is 5.29. The van der Waals surface area contributed by atoms with Gasteiger partial charge in [0, 0.05) is 11.2 Å². The quantitative estimate of drug-likeness (QED) is 0.191. The molecule has 2 heterocycles. The van der Waals surface area contributed by atoms with Crippen molar-refractivity contribution in [1.82, 2.24) is 0 Å². The van der Waals surface area contributed by atoms with Crippen LogP contribution in [0.15, 0.2) is 121 Å². The summed E-state index contributed by atoms with van der Waals surface area (Å²) in [5, 5.41) is 16.2. The third kappa shape index (κ3) is 68.7. The van der Waals surface area contributed by atoms with Crippen LogP contribution in [-0.4, -0.2) is 78.9 Å². The third-order valence-corrected chi connectivity index (χ3v) is 6.53. The largest absolute Gasteiger partial charge is 0.394 e. The highest BCUT2D eigenvalue weighted by atomic mass is 79.9. The molecule has 4 aromatic carbocycles. The predicted octanol–water partition coefficient (Wildman–Crippen LogP) is 12.9. The van der Waals surface area contributed by atoms with Crippen LogP contribution in [0.5, 0.6) is 0 Å². The van der Waals surface area contributed by atoms with Gasteiger partial charge in [0.25, 0.3) is 0 Å². The van der Waals surface area contributed by atoms with Crippen molar-refractivity contribution in [3.63, 3.8) is 0 Å². The number of hydrogen-bond acceptors (Lipinski definition) is 8. The summed E-state index contributed by atoms with van der Waals surface area (Å²) in [7, 11) is 0. The number of aryl methyl sites for hydroxylation is 3. The predicted molar refractivity (Wildman–Crippen MR) is 264 cm³/mol. The van der Waals surface area contributed by atoms with E-state index in [1.165, 1.54) is 56.4 Å². The molecule has 348 valence electrons. The highest BCUT2D eigenvalue weighted by Gasteiger charge is 2.24. The number of hydrogen-bond donors (Lipinski definition) is 2. The van der Waals surface area contributed by atoms with Crippen molar-refractivity contribution >= 4 is 39.1 Å². The molecule has 2 aliphatic heterocycles. The van der Waals surface area contributed by atoms with Crippen molar-refractivity contribution in [2.24, 2.45) is 0 Å². The summed E-state index contributed by atoms with van der Waals surface area (Å²) in [4.78, 5) is 18.9. The maximum Gasteiger partial charge on any atom is 0.162 e. The van der Waals surface area contributed by atoms with E-state index in [1.807, 2.05) is 107 Å². The molecule has 8 nitrogen and oxygen atoms in total. The number of aliphatic hydroxyl groups is 2. The SMILES string of the molecule is BrCc1ccccc1.CC(C)=O.CC(C)=O.CC1(C)OCCO1.CC1(C)OCCO1.CCC.CCCl.Cc1ccccc1.Cc1ccccc1.Cc1ccccc1.OCCO. The maximum atomic E-state index is 9.44. The Hall–Kier alpha value is -3.25. The highest BCUT2D eigenvalue weighted by Crippen LogP contribution is 2.16. The Bertz CT molecular complexity index is 1290. The van der Waals surface area contributed by atoms with Crippen LogP contribution in [0, 0.1) is 20.8 Å². The Labute approximate surface area is 385 Å². The van der Waals surface area contributed by atoms with Gasteiger partial charge in [0.2, 0.25) is 0 Å². The topological polar surface area (TPSA) is 112 Å². The Kier molecular flexibility index (Phi) is 54.1. The lowest BCUT2D eigenvalue weighted by Crippen LogP contribution is -2.18. The minimum Gasteiger partial charge on any atom is -0.394 e. The van der Waals surface area contributed by atoms with E-state index in [1.54, 1.807) is 0 Å². The molecule has 0 radical (unpaired) electrons. The molecule has 2 aliphatic rings. The molecule has 0 spiro atoms. The lowest BCUT2D eigenvalue weighted by atomic mass is 10.2. The second-order valence-corrected chi connectivity index (χ2v) is 15.1. The van der Waals surface area contributed by atoms with Crippen molar-refractivity contribution in [3.8, 4) is 0 Å². The number of carbonyl (C=O) groups is 2. The second-order valence-electron chi connectivity index (χ2n) is 14.0. The van der Waals surface area contributed by atoms with Crippen molar-refractivity contribution in [2.75, 3.05) is 45.5 Å². The van der Waals surface area contributed by atoms with Gasteiger partial charge in [-0.05, 0) is 81.7 Å². The molecule has 0 atom stereocenters. The average Bonchev–Trinajstić information content (AvgIpc) is 3.83. The summed E-state index contributed by atoms with van der Waals surface area (Å²) >= 11 is 8.36. The van der Waals surface area contributed by atoms with Crippen LogP contribution < -0.4 is 0 Å². The van der Waals surface area contributed by atoms with E-state index < -0.39 is 0 Å². The molecular formula is C51H82BrClO8. The first-order valence-corrected chi connectivity index (χ1v) is 22.3. The molecule has 0 bridgehead atoms. The standard InChI is InChI=1S/C7H7Br.3C7H8.2C5H10O2.2C3H6O.C3H8.C2H5Cl.C2H6O2/c8-6-7-4-2-1-3-5-7;3*1-7-5-3-2-4-6-7;2*1-5(2)6-3-4-7-5;2*1-3(2)4;1-3-2;1-2-3;3-1-2-4/h1-5H,6H2;3*2-6H,1H3;2*3-4H2,1-2H3;2*1-2H3;3H2,1-2H3;2H2,1H3;3-4H,1-2H2. The monoisotopic (exact) mass is 936 g/mol. The van der Waals surface area contributed by atoms with E-state index in [4.69, 9.17) is 40.8 Å². The fraction of sp³-hybridized carbons (Fsp3) is 0.490. The number of rotatable bonds is 2. The van der Waals surface area contributed by atoms with Gasteiger partial charge >= 0.3 is 0 Å². The molecule has 0 unspecified atom stereocenters. The van der Waals surface area contributed by atoms with Gasteiger partial charge in [-0.15, -0.1) is 11.6 Å². The van der Waals surface area contributed by atoms with Gasteiger partial charge in [0.05, 0.1) is 39.6 Å². The molecule has 2 N–H and O–H groups in total. The zero-order valence-corrected chi connectivity index (χ0v) is 42.4. The molecule has 0 saturated carbocycles. The summed E-state index contributed by atoms with van der Waals surface area (Å²) in [6.45, 7) is 28.9. The van der Waals surface area contributed by atoms with E-state index >= 15 is 0 Å². The smallest absolute Gasteiger partial charge is 0.162 e. The highest BCUT2D eigenvalue weighted by molar-refractivity contribution is 9.08. The Morgan fingerprint density at radius 3 is 0.787 bits per heavy atom. The van der Waals surface area contributed by atoms with E-state index in [2.05, 4.69) is 99.1 Å². The number of alkyl halides is 2. The molecule has 0 aromatic heterocycles. The molecule has 6 rings (SSSR count). The van der Waals surface area contributed by atoms with Gasteiger partial charge < -0.3 is 38.7 Å². The zero-order valence-electron chi connectivity index (χ0n) is 40.0. The summed E-state index contributed by atoms with van der Waals surface area (Å²) in [6.07, 6.45) is 1.25. The third-order valence-electron chi connectivity index (χ3n) is 5.88. The average molecular weight is 939 g/mol. The number of aliphatic hydroxyl groups excluding tert-OH is 2. The number of Topliss-reactive ketones (excluding diaryl/α,β-unsaturated/α-hetero) is 2. The van der Waals surface area contributed by atoms with Crippen LogP contribution in [0.4, 0.5) is 0 Å². The lowest BCUT2D eigenvalue weighted by Gasteiger charge is -2.13. The summed E-state index contributed by atoms with van der Waals surface area (Å²) < 4.78 is 20.5. The van der Waals surface area contributed by atoms with Gasteiger partial charge in [0.1, 0.15) is 11.6 Å². The molecule has 2 saturated heterocycles. The normalized spacial score (nSPS) is 12.6. The van der Waals surface area contributed by atoms with Crippen molar-refractivity contribution in [1.29, 1.82) is 0 Å². The van der Waals surface area contributed by atoms with Gasteiger partial charge in [-0.2, -0.15) is 0 Å². The van der Waals surface area contributed by atoms with Crippen LogP contribution in [0.1, 0.15) is 105 Å². The second kappa shape index (κ2) is 49.4. The van der Waals surface area contributed by atoms with E-state index in [0.29, 0.717) is 0 Å². The summed E-state index contributed by atoms with van der Waals surface area (Å²) in [6, 6.07) is 41.1. The van der Waals surface area contributed by atoms with Crippen LogP contribution in [0.2, 0.25) is 0 Å². The van der Waals surface area contributed by atoms with Crippen molar-refractivity contribution < 1.29 is 38.7 Å². The number of ketones is 2. The minimum absolute atomic E-state index is 0.125. The van der Waals surface area contributed by atoms with Gasteiger partial charge in [-0.25, -0.2) is 0 Å². The number of ether oxygens (including phenoxy) is 4. The summed E-state index contributed by atoms with van der Waals surface area (Å²) in [5.74, 6) is 0.444. The maximum absolute atomic E-state index is 9.44. The first kappa shape index (κ1) is 66.8.